The molecule has 6 heteroatoms. The molecule has 2 aromatic carbocycles. The molecule has 0 spiro atoms. The fourth-order valence-electron chi connectivity index (χ4n) is 3.45. The number of carbonyl (C=O) groups excluding carboxylic acids is 1. The molecule has 3 aromatic rings. The quantitative estimate of drug-likeness (QED) is 0.670. The normalized spacial score (nSPS) is 14.0. The first kappa shape index (κ1) is 19.6. The fraction of sp³-hybridized carbons (Fsp3) is 0.304. The Kier molecular flexibility index (Phi) is 6.22. The van der Waals surface area contributed by atoms with Crippen LogP contribution < -0.4 is 10.2 Å². The third-order valence-electron chi connectivity index (χ3n) is 5.00. The van der Waals surface area contributed by atoms with Gasteiger partial charge in [-0.1, -0.05) is 30.3 Å². The first-order valence-electron chi connectivity index (χ1n) is 9.88. The lowest BCUT2D eigenvalue weighted by atomic mass is 10.1. The van der Waals surface area contributed by atoms with Crippen LogP contribution in [0.15, 0.2) is 53.9 Å². The number of amides is 1. The second kappa shape index (κ2) is 9.20. The predicted molar refractivity (Wildman–Crippen MR) is 118 cm³/mol. The number of anilines is 2. The largest absolute Gasteiger partial charge is 0.378 e. The molecule has 1 N–H and O–H groups in total. The zero-order chi connectivity index (χ0) is 20.1. The summed E-state index contributed by atoms with van der Waals surface area (Å²) in [6, 6.07) is 16.4. The van der Waals surface area contributed by atoms with Crippen molar-refractivity contribution >= 4 is 28.6 Å². The van der Waals surface area contributed by atoms with Gasteiger partial charge in [0.15, 0.2) is 0 Å². The van der Waals surface area contributed by atoms with Gasteiger partial charge in [0.25, 0.3) is 0 Å². The van der Waals surface area contributed by atoms with E-state index >= 15 is 0 Å². The van der Waals surface area contributed by atoms with Crippen molar-refractivity contribution in [3.63, 3.8) is 0 Å². The average Bonchev–Trinajstić information content (AvgIpc) is 3.17. The molecule has 0 aliphatic carbocycles. The second-order valence-electron chi connectivity index (χ2n) is 7.22. The van der Waals surface area contributed by atoms with Crippen LogP contribution in [0.5, 0.6) is 0 Å². The molecule has 2 heterocycles. The van der Waals surface area contributed by atoms with Crippen LogP contribution in [0.4, 0.5) is 11.4 Å². The first-order valence-corrected chi connectivity index (χ1v) is 10.8. The summed E-state index contributed by atoms with van der Waals surface area (Å²) < 4.78 is 5.42. The Morgan fingerprint density at radius 2 is 1.97 bits per heavy atom. The first-order chi connectivity index (χ1) is 14.2. The van der Waals surface area contributed by atoms with Gasteiger partial charge in [0.2, 0.25) is 5.91 Å². The summed E-state index contributed by atoms with van der Waals surface area (Å²) in [6.45, 7) is 5.36. The maximum Gasteiger partial charge on any atom is 0.230 e. The molecule has 1 saturated heterocycles. The molecule has 0 bridgehead atoms. The van der Waals surface area contributed by atoms with Gasteiger partial charge < -0.3 is 15.0 Å². The van der Waals surface area contributed by atoms with Crippen LogP contribution in [0.2, 0.25) is 0 Å². The van der Waals surface area contributed by atoms with Crippen molar-refractivity contribution < 1.29 is 9.53 Å². The molecule has 1 aliphatic rings. The van der Waals surface area contributed by atoms with Crippen LogP contribution in [0.25, 0.3) is 0 Å². The number of ether oxygens (including phenoxy) is 1. The van der Waals surface area contributed by atoms with Gasteiger partial charge in [-0.2, -0.15) is 0 Å². The van der Waals surface area contributed by atoms with Crippen LogP contribution >= 0.6 is 11.3 Å². The standard InChI is InChI=1S/C23H25N3O2S/c1-17-13-20(26-9-11-28-12-10-26)7-8-21(17)25-22(27)15-19-16-29-23(24-19)14-18-5-3-2-4-6-18/h2-8,13,16H,9-12,14-15H2,1H3,(H,25,27). The lowest BCUT2D eigenvalue weighted by Crippen LogP contribution is -2.36. The molecule has 0 radical (unpaired) electrons. The Morgan fingerprint density at radius 3 is 2.72 bits per heavy atom. The van der Waals surface area contributed by atoms with E-state index in [4.69, 9.17) is 4.74 Å². The molecular formula is C23H25N3O2S. The van der Waals surface area contributed by atoms with E-state index in [1.165, 1.54) is 11.3 Å². The van der Waals surface area contributed by atoms with E-state index in [-0.39, 0.29) is 12.3 Å². The maximum absolute atomic E-state index is 12.5. The fourth-order valence-corrected chi connectivity index (χ4v) is 4.28. The third-order valence-corrected chi connectivity index (χ3v) is 5.90. The smallest absolute Gasteiger partial charge is 0.230 e. The predicted octanol–water partition coefficient (Wildman–Crippen LogP) is 4.06. The highest BCUT2D eigenvalue weighted by atomic mass is 32.1. The van der Waals surface area contributed by atoms with E-state index in [1.807, 2.05) is 36.6 Å². The van der Waals surface area contributed by atoms with Crippen molar-refractivity contribution in [2.45, 2.75) is 19.8 Å². The number of aromatic nitrogens is 1. The number of rotatable bonds is 6. The van der Waals surface area contributed by atoms with Gasteiger partial charge in [-0.3, -0.25) is 4.79 Å². The number of aryl methyl sites for hydroxylation is 1. The van der Waals surface area contributed by atoms with Crippen LogP contribution in [0, 0.1) is 6.92 Å². The number of carbonyl (C=O) groups is 1. The molecule has 1 aliphatic heterocycles. The van der Waals surface area contributed by atoms with E-state index in [9.17, 15) is 4.79 Å². The highest BCUT2D eigenvalue weighted by Crippen LogP contribution is 2.24. The van der Waals surface area contributed by atoms with Gasteiger partial charge in [0, 0.05) is 36.3 Å². The zero-order valence-corrected chi connectivity index (χ0v) is 17.4. The minimum Gasteiger partial charge on any atom is -0.378 e. The Morgan fingerprint density at radius 1 is 1.17 bits per heavy atom. The molecule has 0 saturated carbocycles. The SMILES string of the molecule is Cc1cc(N2CCOCC2)ccc1NC(=O)Cc1csc(Cc2ccccc2)n1. The van der Waals surface area contributed by atoms with Crippen molar-refractivity contribution in [1.29, 1.82) is 0 Å². The Bertz CT molecular complexity index is 965. The number of hydrogen-bond donors (Lipinski definition) is 1. The van der Waals surface area contributed by atoms with Crippen LogP contribution in [0.3, 0.4) is 0 Å². The molecule has 0 atom stereocenters. The number of benzene rings is 2. The molecular weight excluding hydrogens is 382 g/mol. The summed E-state index contributed by atoms with van der Waals surface area (Å²) in [6.07, 6.45) is 1.09. The molecule has 1 fully saturated rings. The number of hydrogen-bond acceptors (Lipinski definition) is 5. The topological polar surface area (TPSA) is 54.5 Å². The molecule has 4 rings (SSSR count). The van der Waals surface area contributed by atoms with Gasteiger partial charge in [0.05, 0.1) is 30.3 Å². The summed E-state index contributed by atoms with van der Waals surface area (Å²) in [7, 11) is 0. The Labute approximate surface area is 175 Å². The number of morpholine rings is 1. The highest BCUT2D eigenvalue weighted by Gasteiger charge is 2.14. The second-order valence-corrected chi connectivity index (χ2v) is 8.16. The number of thiazole rings is 1. The van der Waals surface area contributed by atoms with Gasteiger partial charge >= 0.3 is 0 Å². The maximum atomic E-state index is 12.5. The minimum absolute atomic E-state index is 0.0382. The van der Waals surface area contributed by atoms with Crippen molar-refractivity contribution in [2.24, 2.45) is 0 Å². The number of nitrogens with one attached hydrogen (secondary N) is 1. The van der Waals surface area contributed by atoms with E-state index in [0.29, 0.717) is 0 Å². The van der Waals surface area contributed by atoms with Gasteiger partial charge in [-0.05, 0) is 36.2 Å². The van der Waals surface area contributed by atoms with Crippen LogP contribution in [-0.2, 0) is 22.4 Å². The highest BCUT2D eigenvalue weighted by molar-refractivity contribution is 7.09. The molecule has 29 heavy (non-hydrogen) atoms. The van der Waals surface area contributed by atoms with E-state index < -0.39 is 0 Å². The molecule has 1 amide bonds. The van der Waals surface area contributed by atoms with Crippen molar-refractivity contribution in [3.05, 3.63) is 75.7 Å². The lowest BCUT2D eigenvalue weighted by Gasteiger charge is -2.29. The van der Waals surface area contributed by atoms with E-state index in [1.54, 1.807) is 11.3 Å². The Hall–Kier alpha value is -2.70. The summed E-state index contributed by atoms with van der Waals surface area (Å²) >= 11 is 1.61. The average molecular weight is 408 g/mol. The summed E-state index contributed by atoms with van der Waals surface area (Å²) in [4.78, 5) is 19.5. The van der Waals surface area contributed by atoms with E-state index in [2.05, 4.69) is 39.5 Å². The molecule has 5 nitrogen and oxygen atoms in total. The Balaban J connectivity index is 1.35. The lowest BCUT2D eigenvalue weighted by molar-refractivity contribution is -0.115. The zero-order valence-electron chi connectivity index (χ0n) is 16.6. The summed E-state index contributed by atoms with van der Waals surface area (Å²) in [5.74, 6) is -0.0382. The third kappa shape index (κ3) is 5.22. The van der Waals surface area contributed by atoms with E-state index in [0.717, 1.165) is 54.7 Å². The molecule has 0 unspecified atom stereocenters. The van der Waals surface area contributed by atoms with Gasteiger partial charge in [-0.25, -0.2) is 4.98 Å². The monoisotopic (exact) mass is 407 g/mol. The summed E-state index contributed by atoms with van der Waals surface area (Å²) in [5, 5.41) is 6.04. The van der Waals surface area contributed by atoms with Gasteiger partial charge in [-0.15, -0.1) is 11.3 Å². The van der Waals surface area contributed by atoms with Crippen molar-refractivity contribution in [1.82, 2.24) is 4.98 Å². The van der Waals surface area contributed by atoms with Crippen molar-refractivity contribution in [2.75, 3.05) is 36.5 Å². The minimum atomic E-state index is -0.0382. The van der Waals surface area contributed by atoms with Crippen molar-refractivity contribution in [3.8, 4) is 0 Å². The molecule has 1 aromatic heterocycles. The van der Waals surface area contributed by atoms with Gasteiger partial charge in [0.1, 0.15) is 0 Å². The summed E-state index contributed by atoms with van der Waals surface area (Å²) in [5.41, 5.74) is 5.14. The number of nitrogens with zero attached hydrogens (tertiary/aromatic N) is 2. The molecule has 150 valence electrons. The van der Waals surface area contributed by atoms with Crippen LogP contribution in [-0.4, -0.2) is 37.2 Å². The van der Waals surface area contributed by atoms with Crippen LogP contribution in [0.1, 0.15) is 21.8 Å².